The number of piperidine rings is 1. The van der Waals surface area contributed by atoms with Gasteiger partial charge < -0.3 is 14.1 Å². The molecule has 0 amide bonds. The van der Waals surface area contributed by atoms with Crippen LogP contribution < -0.4 is 11.2 Å². The highest BCUT2D eigenvalue weighted by atomic mass is 16.4. The van der Waals surface area contributed by atoms with Crippen molar-refractivity contribution in [1.82, 2.24) is 9.47 Å². The number of hydrogen-bond donors (Lipinski definition) is 1. The lowest BCUT2D eigenvalue weighted by Crippen LogP contribution is -2.46. The fraction of sp³-hybridized carbons (Fsp3) is 0.333. The van der Waals surface area contributed by atoms with Crippen LogP contribution in [-0.4, -0.2) is 27.7 Å². The fourth-order valence-corrected chi connectivity index (χ4v) is 4.68. The number of pyridine rings is 1. The smallest absolute Gasteiger partial charge is 0.336 e. The quantitative estimate of drug-likeness (QED) is 0.706. The topological polar surface area (TPSA) is 75.7 Å². The van der Waals surface area contributed by atoms with Crippen LogP contribution in [0.4, 0.5) is 0 Å². The largest absolute Gasteiger partial charge is 0.507 e. The molecular formula is C21H20N2O4. The van der Waals surface area contributed by atoms with E-state index < -0.39 is 5.63 Å². The third-order valence-electron chi connectivity index (χ3n) is 5.80. The fourth-order valence-electron chi connectivity index (χ4n) is 4.68. The van der Waals surface area contributed by atoms with E-state index in [4.69, 9.17) is 4.42 Å². The Bertz CT molecular complexity index is 1150. The normalized spacial score (nSPS) is 21.9. The maximum atomic E-state index is 12.2. The lowest BCUT2D eigenvalue weighted by atomic mass is 9.83. The summed E-state index contributed by atoms with van der Waals surface area (Å²) in [5.41, 5.74) is 1.85. The van der Waals surface area contributed by atoms with Crippen molar-refractivity contribution in [3.05, 3.63) is 74.5 Å². The van der Waals surface area contributed by atoms with Crippen LogP contribution in [0.15, 0.2) is 56.5 Å². The van der Waals surface area contributed by atoms with Crippen molar-refractivity contribution in [2.45, 2.75) is 25.4 Å². The third kappa shape index (κ3) is 2.77. The average Bonchev–Trinajstić information content (AvgIpc) is 2.65. The van der Waals surface area contributed by atoms with Gasteiger partial charge in [0.2, 0.25) is 0 Å². The number of aromatic nitrogens is 1. The Balaban J connectivity index is 1.49. The van der Waals surface area contributed by atoms with Crippen LogP contribution in [0, 0.1) is 5.92 Å². The maximum Gasteiger partial charge on any atom is 0.336 e. The Hall–Kier alpha value is -2.86. The molecule has 27 heavy (non-hydrogen) atoms. The maximum absolute atomic E-state index is 12.2. The van der Waals surface area contributed by atoms with Gasteiger partial charge in [0.25, 0.3) is 5.56 Å². The third-order valence-corrected chi connectivity index (χ3v) is 5.80. The van der Waals surface area contributed by atoms with Crippen molar-refractivity contribution < 1.29 is 9.52 Å². The Morgan fingerprint density at radius 2 is 1.89 bits per heavy atom. The van der Waals surface area contributed by atoms with Crippen LogP contribution >= 0.6 is 0 Å². The molecule has 0 spiro atoms. The molecule has 5 rings (SSSR count). The molecule has 4 heterocycles. The minimum Gasteiger partial charge on any atom is -0.507 e. The summed E-state index contributed by atoms with van der Waals surface area (Å²) in [7, 11) is 0. The summed E-state index contributed by atoms with van der Waals surface area (Å²) in [5.74, 6) is 0.847. The van der Waals surface area contributed by atoms with Crippen molar-refractivity contribution in [1.29, 1.82) is 0 Å². The lowest BCUT2D eigenvalue weighted by molar-refractivity contribution is 0.113. The van der Waals surface area contributed by atoms with E-state index in [-0.39, 0.29) is 11.3 Å². The second-order valence-electron chi connectivity index (χ2n) is 7.63. The molecule has 3 aromatic rings. The van der Waals surface area contributed by atoms with Crippen molar-refractivity contribution in [2.75, 3.05) is 13.1 Å². The summed E-state index contributed by atoms with van der Waals surface area (Å²) in [6, 6.07) is 12.0. The van der Waals surface area contributed by atoms with Crippen LogP contribution in [0.5, 0.6) is 5.75 Å². The molecule has 1 aromatic carbocycles. The molecule has 1 saturated heterocycles. The number of likely N-dealkylation sites (tertiary alicyclic amines) is 1. The Labute approximate surface area is 155 Å². The highest BCUT2D eigenvalue weighted by molar-refractivity contribution is 5.81. The molecule has 2 bridgehead atoms. The summed E-state index contributed by atoms with van der Waals surface area (Å²) in [4.78, 5) is 26.1. The van der Waals surface area contributed by atoms with Crippen LogP contribution in [0.25, 0.3) is 11.0 Å². The van der Waals surface area contributed by atoms with E-state index >= 15 is 0 Å². The van der Waals surface area contributed by atoms with Crippen LogP contribution in [-0.2, 0) is 13.1 Å². The molecule has 2 aliphatic rings. The van der Waals surface area contributed by atoms with Gasteiger partial charge >= 0.3 is 5.63 Å². The number of phenols is 1. The lowest BCUT2D eigenvalue weighted by Gasteiger charge is -2.42. The first-order chi connectivity index (χ1) is 13.1. The van der Waals surface area contributed by atoms with E-state index in [1.165, 1.54) is 6.07 Å². The first kappa shape index (κ1) is 16.3. The minimum atomic E-state index is -0.418. The Kier molecular flexibility index (Phi) is 3.68. The van der Waals surface area contributed by atoms with Crippen LogP contribution in [0.2, 0.25) is 0 Å². The van der Waals surface area contributed by atoms with Crippen LogP contribution in [0.1, 0.15) is 23.6 Å². The van der Waals surface area contributed by atoms with Gasteiger partial charge in [-0.3, -0.25) is 9.69 Å². The zero-order chi connectivity index (χ0) is 18.5. The highest BCUT2D eigenvalue weighted by Gasteiger charge is 2.34. The van der Waals surface area contributed by atoms with Crippen LogP contribution in [0.3, 0.4) is 0 Å². The van der Waals surface area contributed by atoms with Gasteiger partial charge in [0, 0.05) is 55.3 Å². The zero-order valence-corrected chi connectivity index (χ0v) is 14.8. The van der Waals surface area contributed by atoms with Gasteiger partial charge in [-0.25, -0.2) is 4.79 Å². The minimum absolute atomic E-state index is 0.0733. The first-order valence-electron chi connectivity index (χ1n) is 9.25. The number of nitrogens with zero attached hydrogens (tertiary/aromatic N) is 2. The van der Waals surface area contributed by atoms with E-state index in [9.17, 15) is 14.7 Å². The standard InChI is InChI=1S/C21H20N2O4/c24-18-6-4-14-5-7-20(26)27-21(14)16(18)12-22-9-13-8-15(11-22)17-2-1-3-19(25)23(17)10-13/h1-7,13,15,24H,8-12H2/t13-,15+/m1/s1. The second-order valence-corrected chi connectivity index (χ2v) is 7.63. The zero-order valence-electron chi connectivity index (χ0n) is 14.8. The van der Waals surface area contributed by atoms with E-state index in [0.717, 1.165) is 37.1 Å². The SMILES string of the molecule is O=c1ccc2ccc(O)c(CN3C[C@H]4C[C@@H](C3)c3cccc(=O)n3C4)c2o1. The summed E-state index contributed by atoms with van der Waals surface area (Å²) < 4.78 is 7.30. The van der Waals surface area contributed by atoms with Crippen molar-refractivity contribution in [2.24, 2.45) is 5.92 Å². The van der Waals surface area contributed by atoms with E-state index in [1.807, 2.05) is 16.7 Å². The van der Waals surface area contributed by atoms with Gasteiger partial charge in [-0.05, 0) is 36.6 Å². The van der Waals surface area contributed by atoms with Gasteiger partial charge in [0.1, 0.15) is 11.3 Å². The van der Waals surface area contributed by atoms with Crippen molar-refractivity contribution in [3.8, 4) is 5.75 Å². The highest BCUT2D eigenvalue weighted by Crippen LogP contribution is 2.37. The van der Waals surface area contributed by atoms with E-state index in [0.29, 0.717) is 29.5 Å². The Morgan fingerprint density at radius 3 is 2.78 bits per heavy atom. The van der Waals surface area contributed by atoms with Gasteiger partial charge in [0.05, 0.1) is 5.56 Å². The number of phenolic OH excluding ortho intramolecular Hbond substituents is 1. The number of aromatic hydroxyl groups is 1. The van der Waals surface area contributed by atoms with E-state index in [1.54, 1.807) is 24.3 Å². The second kappa shape index (κ2) is 6.09. The van der Waals surface area contributed by atoms with Gasteiger partial charge in [0.15, 0.2) is 0 Å². The molecule has 6 heteroatoms. The molecule has 2 aliphatic heterocycles. The van der Waals surface area contributed by atoms with Gasteiger partial charge in [-0.15, -0.1) is 0 Å². The molecular weight excluding hydrogens is 344 g/mol. The number of benzene rings is 1. The predicted octanol–water partition coefficient (Wildman–Crippen LogP) is 2.28. The number of rotatable bonds is 2. The molecule has 0 saturated carbocycles. The van der Waals surface area contributed by atoms with E-state index in [2.05, 4.69) is 4.90 Å². The summed E-state index contributed by atoms with van der Waals surface area (Å²) in [6.07, 6.45) is 1.08. The summed E-state index contributed by atoms with van der Waals surface area (Å²) >= 11 is 0. The molecule has 138 valence electrons. The molecule has 0 radical (unpaired) electrons. The molecule has 6 nitrogen and oxygen atoms in total. The predicted molar refractivity (Wildman–Crippen MR) is 101 cm³/mol. The first-order valence-corrected chi connectivity index (χ1v) is 9.25. The van der Waals surface area contributed by atoms with Gasteiger partial charge in [-0.2, -0.15) is 0 Å². The van der Waals surface area contributed by atoms with Crippen molar-refractivity contribution in [3.63, 3.8) is 0 Å². The molecule has 2 atom stereocenters. The molecule has 2 aromatic heterocycles. The monoisotopic (exact) mass is 364 g/mol. The average molecular weight is 364 g/mol. The molecule has 0 aliphatic carbocycles. The Morgan fingerprint density at radius 1 is 1.04 bits per heavy atom. The molecule has 1 N–H and O–H groups in total. The molecule has 0 unspecified atom stereocenters. The summed E-state index contributed by atoms with van der Waals surface area (Å²) in [5, 5.41) is 11.2. The van der Waals surface area contributed by atoms with Gasteiger partial charge in [-0.1, -0.05) is 6.07 Å². The molecule has 1 fully saturated rings. The number of hydrogen-bond acceptors (Lipinski definition) is 5. The summed E-state index contributed by atoms with van der Waals surface area (Å²) in [6.45, 7) is 2.91. The number of fused-ring (bicyclic) bond motifs is 5. The van der Waals surface area contributed by atoms with Crippen molar-refractivity contribution >= 4 is 11.0 Å².